The third kappa shape index (κ3) is 1.09. The van der Waals surface area contributed by atoms with Gasteiger partial charge in [-0.1, -0.05) is 0 Å². The highest BCUT2D eigenvalue weighted by atomic mass is 16.6. The zero-order chi connectivity index (χ0) is 10.1. The molecule has 72 valence electrons. The molecule has 0 fully saturated rings. The van der Waals surface area contributed by atoms with E-state index in [0.29, 0.717) is 18.8 Å². The topological polar surface area (TPSA) is 110 Å². The van der Waals surface area contributed by atoms with Gasteiger partial charge in [0.05, 0.1) is 6.54 Å². The van der Waals surface area contributed by atoms with Gasteiger partial charge in [-0.05, 0) is 22.0 Å². The lowest BCUT2D eigenvalue weighted by Crippen LogP contribution is -1.99. The molecule has 0 radical (unpaired) electrons. The Morgan fingerprint density at radius 1 is 1.71 bits per heavy atom. The zero-order valence-corrected chi connectivity index (χ0v) is 7.12. The molecule has 0 amide bonds. The van der Waals surface area contributed by atoms with Crippen LogP contribution in [0.25, 0.3) is 10.4 Å². The van der Waals surface area contributed by atoms with E-state index in [-0.39, 0.29) is 11.6 Å². The molecule has 0 saturated carbocycles. The lowest BCUT2D eigenvalue weighted by molar-refractivity contribution is -0.391. The van der Waals surface area contributed by atoms with Crippen molar-refractivity contribution in [1.29, 1.82) is 0 Å². The van der Waals surface area contributed by atoms with Gasteiger partial charge in [-0.15, -0.1) is 0 Å². The Kier molecular flexibility index (Phi) is 1.83. The highest BCUT2D eigenvalue weighted by molar-refractivity contribution is 5.48. The first kappa shape index (κ1) is 8.52. The largest absolute Gasteiger partial charge is 0.358 e. The van der Waals surface area contributed by atoms with Crippen molar-refractivity contribution in [1.82, 2.24) is 9.55 Å². The monoisotopic (exact) mass is 194 g/mol. The molecule has 8 nitrogen and oxygen atoms in total. The molecular weight excluding hydrogens is 188 g/mol. The number of hydrogen-bond donors (Lipinski definition) is 0. The fraction of sp³-hybridized carbons (Fsp3) is 0.500. The highest BCUT2D eigenvalue weighted by Crippen LogP contribution is 2.31. The number of azide groups is 1. The van der Waals surface area contributed by atoms with Crippen LogP contribution >= 0.6 is 0 Å². The number of aromatic nitrogens is 2. The van der Waals surface area contributed by atoms with Crippen molar-refractivity contribution in [3.63, 3.8) is 0 Å². The number of nitro groups is 1. The molecule has 0 spiro atoms. The van der Waals surface area contributed by atoms with E-state index in [1.54, 1.807) is 0 Å². The van der Waals surface area contributed by atoms with Crippen LogP contribution in [-0.2, 0) is 13.0 Å². The van der Waals surface area contributed by atoms with E-state index in [2.05, 4.69) is 15.0 Å². The number of rotatable bonds is 2. The summed E-state index contributed by atoms with van der Waals surface area (Å²) in [7, 11) is 0. The summed E-state index contributed by atoms with van der Waals surface area (Å²) in [5, 5.41) is 13.9. The second-order valence-corrected chi connectivity index (χ2v) is 2.88. The standard InChI is InChI=1S/C6H6N6O2/c7-10-9-5-6(12(13)14)11-3-1-2-4(11)8-5/h1-3H2. The predicted molar refractivity (Wildman–Crippen MR) is 46.0 cm³/mol. The van der Waals surface area contributed by atoms with Crippen LogP contribution in [-0.4, -0.2) is 14.5 Å². The van der Waals surface area contributed by atoms with E-state index in [1.165, 1.54) is 4.57 Å². The minimum absolute atomic E-state index is 0.132. The first-order valence-electron chi connectivity index (χ1n) is 4.03. The van der Waals surface area contributed by atoms with Gasteiger partial charge in [-0.3, -0.25) is 0 Å². The number of imidazole rings is 1. The van der Waals surface area contributed by atoms with Gasteiger partial charge < -0.3 is 10.1 Å². The van der Waals surface area contributed by atoms with Gasteiger partial charge >= 0.3 is 5.82 Å². The molecule has 1 aromatic heterocycles. The molecule has 2 rings (SSSR count). The van der Waals surface area contributed by atoms with Crippen LogP contribution in [0.3, 0.4) is 0 Å². The smallest absolute Gasteiger partial charge is 0.352 e. The van der Waals surface area contributed by atoms with Gasteiger partial charge in [-0.25, -0.2) is 9.55 Å². The summed E-state index contributed by atoms with van der Waals surface area (Å²) in [6.45, 7) is 0.569. The number of fused-ring (bicyclic) bond motifs is 1. The van der Waals surface area contributed by atoms with Crippen molar-refractivity contribution in [2.45, 2.75) is 19.4 Å². The maximum absolute atomic E-state index is 10.7. The molecule has 0 unspecified atom stereocenters. The van der Waals surface area contributed by atoms with Crippen molar-refractivity contribution in [3.8, 4) is 0 Å². The maximum atomic E-state index is 10.7. The zero-order valence-electron chi connectivity index (χ0n) is 7.12. The summed E-state index contributed by atoms with van der Waals surface area (Å²) in [5.74, 6) is 0.293. The average Bonchev–Trinajstić information content (AvgIpc) is 2.62. The van der Waals surface area contributed by atoms with Gasteiger partial charge in [0.2, 0.25) is 5.82 Å². The Hall–Kier alpha value is -2.08. The first-order valence-corrected chi connectivity index (χ1v) is 4.03. The van der Waals surface area contributed by atoms with Crippen molar-refractivity contribution in [2.24, 2.45) is 5.11 Å². The van der Waals surface area contributed by atoms with Gasteiger partial charge in [0, 0.05) is 11.3 Å². The van der Waals surface area contributed by atoms with Crippen molar-refractivity contribution in [3.05, 3.63) is 26.4 Å². The second kappa shape index (κ2) is 3.00. The minimum atomic E-state index is -0.564. The molecule has 0 aliphatic carbocycles. The van der Waals surface area contributed by atoms with Gasteiger partial charge in [-0.2, -0.15) is 0 Å². The predicted octanol–water partition coefficient (Wildman–Crippen LogP) is 1.68. The van der Waals surface area contributed by atoms with Crippen LogP contribution in [0.5, 0.6) is 0 Å². The fourth-order valence-corrected chi connectivity index (χ4v) is 1.59. The molecular formula is C6H6N6O2. The Bertz CT molecular complexity index is 443. The summed E-state index contributed by atoms with van der Waals surface area (Å²) >= 11 is 0. The van der Waals surface area contributed by atoms with Crippen LogP contribution in [0.2, 0.25) is 0 Å². The van der Waals surface area contributed by atoms with Crippen LogP contribution in [0.1, 0.15) is 12.2 Å². The first-order chi connectivity index (χ1) is 6.74. The molecule has 1 aliphatic rings. The van der Waals surface area contributed by atoms with Gasteiger partial charge in [0.1, 0.15) is 0 Å². The molecule has 0 saturated heterocycles. The van der Waals surface area contributed by atoms with E-state index < -0.39 is 4.92 Å². The normalized spacial score (nSPS) is 13.4. The molecule has 14 heavy (non-hydrogen) atoms. The van der Waals surface area contributed by atoms with E-state index >= 15 is 0 Å². The molecule has 0 N–H and O–H groups in total. The number of hydrogen-bond acceptors (Lipinski definition) is 4. The lowest BCUT2D eigenvalue weighted by atomic mass is 10.4. The van der Waals surface area contributed by atoms with Crippen molar-refractivity contribution < 1.29 is 4.92 Å². The van der Waals surface area contributed by atoms with E-state index in [9.17, 15) is 10.1 Å². The van der Waals surface area contributed by atoms with Crippen LogP contribution in [0.15, 0.2) is 5.11 Å². The Labute approximate surface area is 77.9 Å². The lowest BCUT2D eigenvalue weighted by Gasteiger charge is -1.95. The second-order valence-electron chi connectivity index (χ2n) is 2.88. The van der Waals surface area contributed by atoms with Crippen LogP contribution in [0.4, 0.5) is 11.6 Å². The average molecular weight is 194 g/mol. The molecule has 0 atom stereocenters. The summed E-state index contributed by atoms with van der Waals surface area (Å²) in [4.78, 5) is 16.5. The molecule has 2 heterocycles. The number of nitrogens with zero attached hydrogens (tertiary/aromatic N) is 6. The Morgan fingerprint density at radius 2 is 2.50 bits per heavy atom. The van der Waals surface area contributed by atoms with Crippen molar-refractivity contribution in [2.75, 3.05) is 0 Å². The third-order valence-corrected chi connectivity index (χ3v) is 2.10. The Balaban J connectivity index is 2.62. The quantitative estimate of drug-likeness (QED) is 0.235. The molecule has 0 aromatic carbocycles. The maximum Gasteiger partial charge on any atom is 0.352 e. The van der Waals surface area contributed by atoms with Crippen LogP contribution < -0.4 is 0 Å². The van der Waals surface area contributed by atoms with Gasteiger partial charge in [0.25, 0.3) is 0 Å². The van der Waals surface area contributed by atoms with E-state index in [0.717, 1.165) is 6.42 Å². The SMILES string of the molecule is [N-]=[N+]=Nc1nc2n(c1[N+](=O)[O-])CCC2. The molecule has 8 heteroatoms. The summed E-state index contributed by atoms with van der Waals surface area (Å²) in [5.41, 5.74) is 8.20. The van der Waals surface area contributed by atoms with Crippen molar-refractivity contribution >= 4 is 11.6 Å². The van der Waals surface area contributed by atoms with Crippen LogP contribution in [0, 0.1) is 10.1 Å². The summed E-state index contributed by atoms with van der Waals surface area (Å²) < 4.78 is 1.49. The van der Waals surface area contributed by atoms with E-state index in [4.69, 9.17) is 5.53 Å². The molecule has 1 aliphatic heterocycles. The highest BCUT2D eigenvalue weighted by Gasteiger charge is 2.29. The summed E-state index contributed by atoms with van der Waals surface area (Å²) in [6.07, 6.45) is 1.54. The van der Waals surface area contributed by atoms with Gasteiger partial charge in [0.15, 0.2) is 5.82 Å². The third-order valence-electron chi connectivity index (χ3n) is 2.10. The molecule has 0 bridgehead atoms. The van der Waals surface area contributed by atoms with E-state index in [1.807, 2.05) is 0 Å². The summed E-state index contributed by atoms with van der Waals surface area (Å²) in [6, 6.07) is 0. The number of aryl methyl sites for hydroxylation is 1. The Morgan fingerprint density at radius 3 is 3.14 bits per heavy atom. The fourth-order valence-electron chi connectivity index (χ4n) is 1.59. The minimum Gasteiger partial charge on any atom is -0.358 e. The molecule has 1 aromatic rings.